The lowest BCUT2D eigenvalue weighted by molar-refractivity contribution is -0.131. The van der Waals surface area contributed by atoms with Crippen molar-refractivity contribution in [3.63, 3.8) is 0 Å². The summed E-state index contributed by atoms with van der Waals surface area (Å²) in [5.41, 5.74) is 1.63. The van der Waals surface area contributed by atoms with Gasteiger partial charge in [-0.1, -0.05) is 15.9 Å². The minimum atomic E-state index is -0.999. The molecule has 0 unspecified atom stereocenters. The first-order valence-corrected chi connectivity index (χ1v) is 7.24. The average Bonchev–Trinajstić information content (AvgIpc) is 2.42. The predicted molar refractivity (Wildman–Crippen MR) is 83.7 cm³/mol. The molecule has 0 heterocycles. The van der Waals surface area contributed by atoms with Crippen molar-refractivity contribution in [2.24, 2.45) is 0 Å². The summed E-state index contributed by atoms with van der Waals surface area (Å²) in [6.45, 7) is 3.81. The van der Waals surface area contributed by atoms with Crippen LogP contribution in [0.25, 0.3) is 6.08 Å². The van der Waals surface area contributed by atoms with E-state index in [0.29, 0.717) is 37.7 Å². The lowest BCUT2D eigenvalue weighted by atomic mass is 10.1. The second kappa shape index (κ2) is 9.55. The number of hydrogen-bond acceptors (Lipinski definition) is 4. The molecular weight excluding hydrogens is 340 g/mol. The molecule has 0 radical (unpaired) electrons. The quantitative estimate of drug-likeness (QED) is 0.543. The Morgan fingerprint density at radius 3 is 2.67 bits per heavy atom. The van der Waals surface area contributed by atoms with Crippen LogP contribution in [0.2, 0.25) is 0 Å². The molecule has 5 nitrogen and oxygen atoms in total. The third kappa shape index (κ3) is 6.75. The molecule has 21 heavy (non-hydrogen) atoms. The Morgan fingerprint density at radius 2 is 2.00 bits per heavy atom. The molecule has 0 saturated heterocycles. The van der Waals surface area contributed by atoms with Crippen LogP contribution in [0, 0.1) is 6.92 Å². The van der Waals surface area contributed by atoms with E-state index in [-0.39, 0.29) is 0 Å². The van der Waals surface area contributed by atoms with Crippen molar-refractivity contribution in [2.45, 2.75) is 6.92 Å². The Labute approximate surface area is 132 Å². The average molecular weight is 359 g/mol. The number of rotatable bonds is 9. The molecule has 0 saturated carbocycles. The molecule has 0 spiro atoms. The van der Waals surface area contributed by atoms with Gasteiger partial charge in [0.2, 0.25) is 0 Å². The molecule has 1 N–H and O–H groups in total. The maximum Gasteiger partial charge on any atom is 0.328 e. The lowest BCUT2D eigenvalue weighted by Crippen LogP contribution is -2.11. The second-order valence-electron chi connectivity index (χ2n) is 4.27. The maximum absolute atomic E-state index is 10.6. The predicted octanol–water partition coefficient (Wildman–Crippen LogP) is 2.90. The minimum Gasteiger partial charge on any atom is -0.490 e. The Morgan fingerprint density at radius 1 is 1.29 bits per heavy atom. The van der Waals surface area contributed by atoms with Crippen molar-refractivity contribution in [1.82, 2.24) is 0 Å². The van der Waals surface area contributed by atoms with Gasteiger partial charge in [-0.05, 0) is 30.7 Å². The first kappa shape index (κ1) is 17.7. The molecular formula is C15H19BrO5. The zero-order valence-corrected chi connectivity index (χ0v) is 13.7. The van der Waals surface area contributed by atoms with E-state index in [4.69, 9.17) is 19.3 Å². The Kier molecular flexibility index (Phi) is 8.04. The van der Waals surface area contributed by atoms with Gasteiger partial charge in [0.25, 0.3) is 0 Å². The van der Waals surface area contributed by atoms with Crippen molar-refractivity contribution in [3.05, 3.63) is 33.8 Å². The summed E-state index contributed by atoms with van der Waals surface area (Å²) in [5, 5.41) is 8.73. The monoisotopic (exact) mass is 358 g/mol. The molecule has 1 rings (SSSR count). The molecule has 1 aromatic rings. The van der Waals surface area contributed by atoms with Gasteiger partial charge in [-0.3, -0.25) is 0 Å². The Balaban J connectivity index is 2.68. The zero-order valence-electron chi connectivity index (χ0n) is 12.1. The highest BCUT2D eigenvalue weighted by Gasteiger charge is 2.07. The zero-order chi connectivity index (χ0) is 15.7. The highest BCUT2D eigenvalue weighted by Crippen LogP contribution is 2.29. The van der Waals surface area contributed by atoms with Gasteiger partial charge in [-0.2, -0.15) is 0 Å². The fraction of sp³-hybridized carbons (Fsp3) is 0.400. The van der Waals surface area contributed by atoms with Gasteiger partial charge in [0, 0.05) is 23.2 Å². The van der Waals surface area contributed by atoms with E-state index in [9.17, 15) is 4.79 Å². The molecule has 0 aliphatic heterocycles. The summed E-state index contributed by atoms with van der Waals surface area (Å²) in [4.78, 5) is 10.6. The van der Waals surface area contributed by atoms with Crippen molar-refractivity contribution in [2.75, 3.05) is 33.5 Å². The van der Waals surface area contributed by atoms with E-state index < -0.39 is 5.97 Å². The van der Waals surface area contributed by atoms with Crippen LogP contribution in [-0.2, 0) is 14.3 Å². The standard InChI is InChI=1S/C15H19BrO5/c1-11-9-13(16)10-12(3-4-14(17)18)15(11)21-8-7-20-6-5-19-2/h3-4,9-10H,5-8H2,1-2H3,(H,17,18)/b4-3+. The van der Waals surface area contributed by atoms with Crippen LogP contribution in [0.15, 0.2) is 22.7 Å². The third-order valence-electron chi connectivity index (χ3n) is 2.58. The minimum absolute atomic E-state index is 0.389. The number of carboxylic acids is 1. The van der Waals surface area contributed by atoms with Crippen LogP contribution in [0.5, 0.6) is 5.75 Å². The number of aliphatic carboxylic acids is 1. The van der Waals surface area contributed by atoms with Gasteiger partial charge in [0.15, 0.2) is 0 Å². The Bertz CT molecular complexity index is 499. The summed E-state index contributed by atoms with van der Waals surface area (Å²) in [6, 6.07) is 3.73. The number of methoxy groups -OCH3 is 1. The third-order valence-corrected chi connectivity index (χ3v) is 3.04. The van der Waals surface area contributed by atoms with E-state index in [0.717, 1.165) is 16.1 Å². The van der Waals surface area contributed by atoms with Crippen LogP contribution in [-0.4, -0.2) is 44.6 Å². The van der Waals surface area contributed by atoms with Crippen molar-refractivity contribution < 1.29 is 24.1 Å². The lowest BCUT2D eigenvalue weighted by Gasteiger charge is -2.13. The van der Waals surface area contributed by atoms with Gasteiger partial charge in [0.1, 0.15) is 12.4 Å². The van der Waals surface area contributed by atoms with E-state index in [2.05, 4.69) is 15.9 Å². The molecule has 0 aliphatic rings. The number of ether oxygens (including phenoxy) is 3. The van der Waals surface area contributed by atoms with E-state index in [1.807, 2.05) is 19.1 Å². The summed E-state index contributed by atoms with van der Waals surface area (Å²) < 4.78 is 16.8. The molecule has 116 valence electrons. The fourth-order valence-corrected chi connectivity index (χ4v) is 2.27. The normalized spacial score (nSPS) is 11.0. The van der Waals surface area contributed by atoms with Gasteiger partial charge >= 0.3 is 5.97 Å². The molecule has 0 amide bonds. The van der Waals surface area contributed by atoms with Crippen LogP contribution in [0.3, 0.4) is 0 Å². The Hall–Kier alpha value is -1.37. The van der Waals surface area contributed by atoms with E-state index >= 15 is 0 Å². The largest absolute Gasteiger partial charge is 0.490 e. The van der Waals surface area contributed by atoms with Crippen LogP contribution in [0.4, 0.5) is 0 Å². The molecule has 0 bridgehead atoms. The second-order valence-corrected chi connectivity index (χ2v) is 5.18. The van der Waals surface area contributed by atoms with Gasteiger partial charge in [-0.15, -0.1) is 0 Å². The van der Waals surface area contributed by atoms with Gasteiger partial charge in [-0.25, -0.2) is 4.79 Å². The number of halogens is 1. The van der Waals surface area contributed by atoms with E-state index in [1.54, 1.807) is 7.11 Å². The number of carboxylic acid groups (broad SMARTS) is 1. The van der Waals surface area contributed by atoms with Crippen molar-refractivity contribution in [3.8, 4) is 5.75 Å². The number of carbonyl (C=O) groups is 1. The smallest absolute Gasteiger partial charge is 0.328 e. The number of benzene rings is 1. The fourth-order valence-electron chi connectivity index (χ4n) is 1.68. The topological polar surface area (TPSA) is 65.0 Å². The molecule has 0 aliphatic carbocycles. The van der Waals surface area contributed by atoms with Crippen molar-refractivity contribution >= 4 is 28.0 Å². The molecule has 6 heteroatoms. The van der Waals surface area contributed by atoms with Crippen LogP contribution in [0.1, 0.15) is 11.1 Å². The number of aryl methyl sites for hydroxylation is 1. The summed E-state index contributed by atoms with van der Waals surface area (Å²) >= 11 is 3.39. The number of hydrogen-bond donors (Lipinski definition) is 1. The first-order chi connectivity index (χ1) is 10.0. The summed E-state index contributed by atoms with van der Waals surface area (Å²) in [6.07, 6.45) is 2.60. The van der Waals surface area contributed by atoms with Crippen LogP contribution >= 0.6 is 15.9 Å². The molecule has 0 fully saturated rings. The highest BCUT2D eigenvalue weighted by atomic mass is 79.9. The van der Waals surface area contributed by atoms with E-state index in [1.165, 1.54) is 6.08 Å². The van der Waals surface area contributed by atoms with Crippen molar-refractivity contribution in [1.29, 1.82) is 0 Å². The van der Waals surface area contributed by atoms with Crippen LogP contribution < -0.4 is 4.74 Å². The van der Waals surface area contributed by atoms with Gasteiger partial charge in [0.05, 0.1) is 19.8 Å². The maximum atomic E-state index is 10.6. The SMILES string of the molecule is COCCOCCOc1c(C)cc(Br)cc1/C=C/C(=O)O. The molecule has 0 atom stereocenters. The highest BCUT2D eigenvalue weighted by molar-refractivity contribution is 9.10. The molecule has 1 aromatic carbocycles. The van der Waals surface area contributed by atoms with Gasteiger partial charge < -0.3 is 19.3 Å². The summed E-state index contributed by atoms with van der Waals surface area (Å²) in [7, 11) is 1.62. The first-order valence-electron chi connectivity index (χ1n) is 6.45. The summed E-state index contributed by atoms with van der Waals surface area (Å²) in [5.74, 6) is -0.340. The molecule has 0 aromatic heterocycles.